The summed E-state index contributed by atoms with van der Waals surface area (Å²) in [6, 6.07) is 1.92. The Kier molecular flexibility index (Phi) is 2.47. The second kappa shape index (κ2) is 3.38. The van der Waals surface area contributed by atoms with Crippen LogP contribution in [0, 0.1) is 17.2 Å². The molecule has 10 heavy (non-hydrogen) atoms. The number of allylic oxidation sites excluding steroid dienone is 1. The van der Waals surface area contributed by atoms with Gasteiger partial charge in [0.25, 0.3) is 0 Å². The fourth-order valence-electron chi connectivity index (χ4n) is 1.36. The minimum absolute atomic E-state index is 0.204. The molecular weight excluding hydrogens is 126 g/mol. The van der Waals surface area contributed by atoms with Crippen LogP contribution >= 0.6 is 0 Å². The van der Waals surface area contributed by atoms with Gasteiger partial charge in [-0.05, 0) is 12.8 Å². The summed E-state index contributed by atoms with van der Waals surface area (Å²) in [5.41, 5.74) is 0. The first-order valence-corrected chi connectivity index (χ1v) is 3.59. The van der Waals surface area contributed by atoms with E-state index in [9.17, 15) is 5.11 Å². The minimum Gasteiger partial charge on any atom is -0.393 e. The molecule has 1 aliphatic rings. The van der Waals surface area contributed by atoms with Crippen molar-refractivity contribution in [3.05, 3.63) is 12.2 Å². The topological polar surface area (TPSA) is 44.0 Å². The average Bonchev–Trinajstić information content (AvgIpc) is 2.31. The molecule has 2 unspecified atom stereocenters. The fraction of sp³-hybridized carbons (Fsp3) is 0.625. The number of aliphatic hydroxyl groups excluding tert-OH is 1. The lowest BCUT2D eigenvalue weighted by atomic mass is 10.1. The monoisotopic (exact) mass is 137 g/mol. The van der Waals surface area contributed by atoms with Crippen molar-refractivity contribution in [2.24, 2.45) is 5.92 Å². The summed E-state index contributed by atoms with van der Waals surface area (Å²) >= 11 is 0. The lowest BCUT2D eigenvalue weighted by molar-refractivity contribution is 0.153. The largest absolute Gasteiger partial charge is 0.393 e. The first-order chi connectivity index (χ1) is 4.84. The fourth-order valence-corrected chi connectivity index (χ4v) is 1.36. The van der Waals surface area contributed by atoms with Crippen molar-refractivity contribution < 1.29 is 5.11 Å². The van der Waals surface area contributed by atoms with Gasteiger partial charge in [0, 0.05) is 12.0 Å². The van der Waals surface area contributed by atoms with E-state index in [2.05, 4.69) is 0 Å². The number of rotatable bonds is 1. The summed E-state index contributed by atoms with van der Waals surface area (Å²) in [5.74, 6) is 0.236. The number of aliphatic hydroxyl groups is 1. The van der Waals surface area contributed by atoms with Crippen molar-refractivity contribution in [1.29, 1.82) is 5.26 Å². The van der Waals surface area contributed by atoms with Crippen LogP contribution in [-0.4, -0.2) is 11.2 Å². The van der Waals surface area contributed by atoms with Gasteiger partial charge < -0.3 is 5.11 Å². The highest BCUT2D eigenvalue weighted by molar-refractivity contribution is 5.06. The van der Waals surface area contributed by atoms with E-state index in [1.54, 1.807) is 6.08 Å². The summed E-state index contributed by atoms with van der Waals surface area (Å²) in [6.45, 7) is 0. The third-order valence-corrected chi connectivity index (χ3v) is 1.95. The number of hydrogen-bond acceptors (Lipinski definition) is 2. The third-order valence-electron chi connectivity index (χ3n) is 1.95. The van der Waals surface area contributed by atoms with Gasteiger partial charge in [0.15, 0.2) is 0 Å². The van der Waals surface area contributed by atoms with Gasteiger partial charge in [-0.1, -0.05) is 12.5 Å². The Morgan fingerprint density at radius 3 is 2.80 bits per heavy atom. The SMILES string of the molecule is N#C/C=C/C1CCCC1O. The van der Waals surface area contributed by atoms with E-state index in [0.717, 1.165) is 19.3 Å². The molecule has 1 rings (SSSR count). The summed E-state index contributed by atoms with van der Waals surface area (Å²) in [4.78, 5) is 0. The third kappa shape index (κ3) is 1.58. The van der Waals surface area contributed by atoms with Crippen molar-refractivity contribution in [3.8, 4) is 6.07 Å². The minimum atomic E-state index is -0.204. The maximum Gasteiger partial charge on any atom is 0.0908 e. The number of nitrogens with zero attached hydrogens (tertiary/aromatic N) is 1. The highest BCUT2D eigenvalue weighted by Crippen LogP contribution is 2.26. The van der Waals surface area contributed by atoms with Gasteiger partial charge in [0.1, 0.15) is 0 Å². The Balaban J connectivity index is 2.42. The second-order valence-corrected chi connectivity index (χ2v) is 2.65. The predicted octanol–water partition coefficient (Wildman–Crippen LogP) is 1.23. The summed E-state index contributed by atoms with van der Waals surface area (Å²) in [7, 11) is 0. The van der Waals surface area contributed by atoms with E-state index in [1.165, 1.54) is 6.08 Å². The smallest absolute Gasteiger partial charge is 0.0908 e. The molecule has 0 aliphatic heterocycles. The van der Waals surface area contributed by atoms with Crippen LogP contribution < -0.4 is 0 Å². The Hall–Kier alpha value is -0.810. The maximum absolute atomic E-state index is 9.25. The van der Waals surface area contributed by atoms with Gasteiger partial charge in [-0.3, -0.25) is 0 Å². The van der Waals surface area contributed by atoms with Crippen molar-refractivity contribution in [2.75, 3.05) is 0 Å². The van der Waals surface area contributed by atoms with Gasteiger partial charge in [-0.15, -0.1) is 0 Å². The Labute approximate surface area is 60.8 Å². The van der Waals surface area contributed by atoms with Gasteiger partial charge >= 0.3 is 0 Å². The zero-order chi connectivity index (χ0) is 7.40. The van der Waals surface area contributed by atoms with E-state index in [-0.39, 0.29) is 12.0 Å². The molecular formula is C8H11NO. The maximum atomic E-state index is 9.25. The Bertz CT molecular complexity index is 169. The quantitative estimate of drug-likeness (QED) is 0.552. The molecule has 54 valence electrons. The molecule has 2 heteroatoms. The molecule has 2 nitrogen and oxygen atoms in total. The van der Waals surface area contributed by atoms with Crippen LogP contribution in [-0.2, 0) is 0 Å². The molecule has 0 bridgehead atoms. The molecule has 2 atom stereocenters. The summed E-state index contributed by atoms with van der Waals surface area (Å²) in [6.07, 6.45) is 6.06. The lowest BCUT2D eigenvalue weighted by Gasteiger charge is -2.06. The Morgan fingerprint density at radius 1 is 1.50 bits per heavy atom. The first kappa shape index (κ1) is 7.30. The van der Waals surface area contributed by atoms with Crippen LogP contribution in [0.5, 0.6) is 0 Å². The van der Waals surface area contributed by atoms with Crippen LogP contribution in [0.3, 0.4) is 0 Å². The van der Waals surface area contributed by atoms with Crippen LogP contribution in [0.2, 0.25) is 0 Å². The first-order valence-electron chi connectivity index (χ1n) is 3.59. The molecule has 0 saturated heterocycles. The van der Waals surface area contributed by atoms with E-state index < -0.39 is 0 Å². The molecule has 0 aromatic heterocycles. The molecule has 1 aliphatic carbocycles. The lowest BCUT2D eigenvalue weighted by Crippen LogP contribution is -2.09. The van der Waals surface area contributed by atoms with Gasteiger partial charge in [-0.2, -0.15) is 5.26 Å². The standard InChI is InChI=1S/C8H11NO/c9-6-2-4-7-3-1-5-8(7)10/h2,4,7-8,10H,1,3,5H2/b4-2+. The van der Waals surface area contributed by atoms with E-state index >= 15 is 0 Å². The van der Waals surface area contributed by atoms with Crippen molar-refractivity contribution in [3.63, 3.8) is 0 Å². The van der Waals surface area contributed by atoms with Crippen molar-refractivity contribution in [1.82, 2.24) is 0 Å². The van der Waals surface area contributed by atoms with Gasteiger partial charge in [0.2, 0.25) is 0 Å². The van der Waals surface area contributed by atoms with E-state index in [0.29, 0.717) is 0 Å². The van der Waals surface area contributed by atoms with Crippen molar-refractivity contribution >= 4 is 0 Å². The molecule has 0 heterocycles. The molecule has 1 fully saturated rings. The molecule has 0 spiro atoms. The summed E-state index contributed by atoms with van der Waals surface area (Å²) in [5, 5.41) is 17.4. The molecule has 0 amide bonds. The van der Waals surface area contributed by atoms with Crippen LogP contribution in [0.4, 0.5) is 0 Å². The molecule has 0 radical (unpaired) electrons. The highest BCUT2D eigenvalue weighted by atomic mass is 16.3. The van der Waals surface area contributed by atoms with E-state index in [1.807, 2.05) is 6.07 Å². The van der Waals surface area contributed by atoms with Crippen LogP contribution in [0.25, 0.3) is 0 Å². The average molecular weight is 137 g/mol. The van der Waals surface area contributed by atoms with Crippen LogP contribution in [0.15, 0.2) is 12.2 Å². The zero-order valence-corrected chi connectivity index (χ0v) is 5.83. The Morgan fingerprint density at radius 2 is 2.30 bits per heavy atom. The van der Waals surface area contributed by atoms with E-state index in [4.69, 9.17) is 5.26 Å². The van der Waals surface area contributed by atoms with Crippen LogP contribution in [0.1, 0.15) is 19.3 Å². The van der Waals surface area contributed by atoms with Crippen molar-refractivity contribution in [2.45, 2.75) is 25.4 Å². The molecule has 0 aromatic carbocycles. The number of nitriles is 1. The predicted molar refractivity (Wildman–Crippen MR) is 38.1 cm³/mol. The number of hydrogen-bond donors (Lipinski definition) is 1. The van der Waals surface area contributed by atoms with Gasteiger partial charge in [-0.25, -0.2) is 0 Å². The second-order valence-electron chi connectivity index (χ2n) is 2.65. The summed E-state index contributed by atoms with van der Waals surface area (Å²) < 4.78 is 0. The molecule has 1 saturated carbocycles. The zero-order valence-electron chi connectivity index (χ0n) is 5.83. The highest BCUT2D eigenvalue weighted by Gasteiger charge is 2.21. The molecule has 0 aromatic rings. The normalized spacial score (nSPS) is 32.8. The molecule has 1 N–H and O–H groups in total. The van der Waals surface area contributed by atoms with Gasteiger partial charge in [0.05, 0.1) is 12.2 Å².